The Morgan fingerprint density at radius 3 is 2.90 bits per heavy atom. The summed E-state index contributed by atoms with van der Waals surface area (Å²) in [7, 11) is 1.89. The van der Waals surface area contributed by atoms with E-state index in [0.29, 0.717) is 6.04 Å². The molecule has 0 amide bonds. The second-order valence-electron chi connectivity index (χ2n) is 5.36. The van der Waals surface area contributed by atoms with Crippen molar-refractivity contribution in [3.63, 3.8) is 0 Å². The number of likely N-dealkylation sites (tertiary alicyclic amines) is 1. The molecular weight excluding hydrogens is 272 g/mol. The van der Waals surface area contributed by atoms with E-state index in [9.17, 15) is 0 Å². The molecule has 106 valence electrons. The van der Waals surface area contributed by atoms with Crippen molar-refractivity contribution in [1.82, 2.24) is 19.7 Å². The van der Waals surface area contributed by atoms with Gasteiger partial charge in [-0.1, -0.05) is 17.7 Å². The predicted octanol–water partition coefficient (Wildman–Crippen LogP) is 3.11. The van der Waals surface area contributed by atoms with Gasteiger partial charge in [0.05, 0.1) is 17.4 Å². The largest absolute Gasteiger partial charge is 0.290 e. The number of rotatable bonds is 3. The van der Waals surface area contributed by atoms with Gasteiger partial charge >= 0.3 is 0 Å². The van der Waals surface area contributed by atoms with E-state index in [0.717, 1.165) is 41.6 Å². The van der Waals surface area contributed by atoms with Crippen LogP contribution in [0.25, 0.3) is 0 Å². The molecule has 0 aromatic carbocycles. The summed E-state index contributed by atoms with van der Waals surface area (Å²) in [6.45, 7) is 3.96. The summed E-state index contributed by atoms with van der Waals surface area (Å²) < 4.78 is 1.75. The number of nitrogens with zero attached hydrogens (tertiary/aromatic N) is 4. The second-order valence-corrected chi connectivity index (χ2v) is 5.72. The SMILES string of the molecule is Cc1nn(C)c(Cl)c1CN1CCC[C@@H]1c1ccccn1. The average Bonchev–Trinajstić information content (AvgIpc) is 3.01. The normalized spacial score (nSPS) is 19.6. The maximum absolute atomic E-state index is 6.34. The molecule has 0 spiro atoms. The van der Waals surface area contributed by atoms with Crippen LogP contribution >= 0.6 is 11.6 Å². The third-order valence-corrected chi connectivity index (χ3v) is 4.50. The molecule has 5 heteroatoms. The molecule has 1 fully saturated rings. The average molecular weight is 291 g/mol. The monoisotopic (exact) mass is 290 g/mol. The van der Waals surface area contributed by atoms with Crippen LogP contribution in [0.2, 0.25) is 5.15 Å². The zero-order valence-electron chi connectivity index (χ0n) is 11.9. The molecule has 4 nitrogen and oxygen atoms in total. The van der Waals surface area contributed by atoms with E-state index in [2.05, 4.69) is 27.1 Å². The van der Waals surface area contributed by atoms with Crippen LogP contribution in [0, 0.1) is 6.92 Å². The van der Waals surface area contributed by atoms with Crippen molar-refractivity contribution in [3.05, 3.63) is 46.5 Å². The highest BCUT2D eigenvalue weighted by Crippen LogP contribution is 2.33. The Labute approximate surface area is 124 Å². The zero-order chi connectivity index (χ0) is 14.1. The Balaban J connectivity index is 1.83. The lowest BCUT2D eigenvalue weighted by Gasteiger charge is -2.23. The Morgan fingerprint density at radius 2 is 2.25 bits per heavy atom. The van der Waals surface area contributed by atoms with Crippen molar-refractivity contribution in [2.24, 2.45) is 7.05 Å². The molecule has 2 aromatic heterocycles. The molecule has 0 radical (unpaired) electrons. The van der Waals surface area contributed by atoms with E-state index in [1.54, 1.807) is 4.68 Å². The first-order valence-electron chi connectivity index (χ1n) is 7.00. The van der Waals surface area contributed by atoms with Gasteiger partial charge in [0, 0.05) is 25.4 Å². The van der Waals surface area contributed by atoms with Crippen molar-refractivity contribution < 1.29 is 0 Å². The third-order valence-electron chi connectivity index (χ3n) is 4.02. The van der Waals surface area contributed by atoms with Gasteiger partial charge in [0.15, 0.2) is 0 Å². The van der Waals surface area contributed by atoms with Gasteiger partial charge < -0.3 is 0 Å². The summed E-state index contributed by atoms with van der Waals surface area (Å²) in [5, 5.41) is 5.14. The quantitative estimate of drug-likeness (QED) is 0.871. The van der Waals surface area contributed by atoms with Gasteiger partial charge in [0.25, 0.3) is 0 Å². The molecule has 3 heterocycles. The first kappa shape index (κ1) is 13.6. The zero-order valence-corrected chi connectivity index (χ0v) is 12.6. The van der Waals surface area contributed by atoms with Crippen LogP contribution in [-0.2, 0) is 13.6 Å². The minimum Gasteiger partial charge on any atom is -0.290 e. The minimum atomic E-state index is 0.395. The van der Waals surface area contributed by atoms with Crippen molar-refractivity contribution in [1.29, 1.82) is 0 Å². The van der Waals surface area contributed by atoms with E-state index in [-0.39, 0.29) is 0 Å². The van der Waals surface area contributed by atoms with E-state index in [1.165, 1.54) is 6.42 Å². The summed E-state index contributed by atoms with van der Waals surface area (Å²) in [5.41, 5.74) is 3.31. The Hall–Kier alpha value is -1.39. The van der Waals surface area contributed by atoms with Crippen LogP contribution in [0.4, 0.5) is 0 Å². The molecule has 1 aliphatic rings. The van der Waals surface area contributed by atoms with E-state index in [4.69, 9.17) is 11.6 Å². The maximum atomic E-state index is 6.34. The summed E-state index contributed by atoms with van der Waals surface area (Å²) in [4.78, 5) is 6.96. The Morgan fingerprint density at radius 1 is 1.40 bits per heavy atom. The van der Waals surface area contributed by atoms with Gasteiger partial charge in [-0.05, 0) is 38.4 Å². The van der Waals surface area contributed by atoms with Crippen LogP contribution in [0.3, 0.4) is 0 Å². The summed E-state index contributed by atoms with van der Waals surface area (Å²) in [6, 6.07) is 6.53. The number of hydrogen-bond acceptors (Lipinski definition) is 3. The first-order valence-corrected chi connectivity index (χ1v) is 7.37. The molecule has 1 atom stereocenters. The molecule has 1 saturated heterocycles. The molecule has 1 aliphatic heterocycles. The van der Waals surface area contributed by atoms with Crippen molar-refractivity contribution in [2.45, 2.75) is 32.4 Å². The lowest BCUT2D eigenvalue weighted by molar-refractivity contribution is 0.244. The van der Waals surface area contributed by atoms with Gasteiger partial charge in [-0.25, -0.2) is 0 Å². The van der Waals surface area contributed by atoms with Crippen LogP contribution in [0.5, 0.6) is 0 Å². The fourth-order valence-corrected chi connectivity index (χ4v) is 3.21. The van der Waals surface area contributed by atoms with E-state index >= 15 is 0 Å². The second kappa shape index (κ2) is 5.54. The number of aryl methyl sites for hydroxylation is 2. The summed E-state index contributed by atoms with van der Waals surface area (Å²) in [6.07, 6.45) is 4.24. The van der Waals surface area contributed by atoms with Crippen molar-refractivity contribution in [2.75, 3.05) is 6.54 Å². The minimum absolute atomic E-state index is 0.395. The third kappa shape index (κ3) is 2.45. The van der Waals surface area contributed by atoms with Crippen LogP contribution in [0.15, 0.2) is 24.4 Å². The summed E-state index contributed by atoms with van der Waals surface area (Å²) in [5.74, 6) is 0. The highest BCUT2D eigenvalue weighted by atomic mass is 35.5. The standard InChI is InChI=1S/C15H19ClN4/c1-11-12(15(16)19(2)18-11)10-20-9-5-7-14(20)13-6-3-4-8-17-13/h3-4,6,8,14H,5,7,9-10H2,1-2H3/t14-/m1/s1. The lowest BCUT2D eigenvalue weighted by Crippen LogP contribution is -2.23. The van der Waals surface area contributed by atoms with Gasteiger partial charge in [-0.3, -0.25) is 14.6 Å². The molecular formula is C15H19ClN4. The Kier molecular flexibility index (Phi) is 3.76. The molecule has 0 N–H and O–H groups in total. The number of pyridine rings is 1. The molecule has 0 unspecified atom stereocenters. The van der Waals surface area contributed by atoms with E-state index in [1.807, 2.05) is 26.2 Å². The van der Waals surface area contributed by atoms with Crippen LogP contribution in [-0.4, -0.2) is 26.2 Å². The maximum Gasteiger partial charge on any atom is 0.131 e. The Bertz CT molecular complexity index is 593. The predicted molar refractivity (Wildman–Crippen MR) is 79.6 cm³/mol. The van der Waals surface area contributed by atoms with Crippen molar-refractivity contribution in [3.8, 4) is 0 Å². The number of halogens is 1. The van der Waals surface area contributed by atoms with Gasteiger partial charge in [-0.15, -0.1) is 0 Å². The highest BCUT2D eigenvalue weighted by molar-refractivity contribution is 6.30. The molecule has 0 saturated carbocycles. The van der Waals surface area contributed by atoms with Gasteiger partial charge in [0.2, 0.25) is 0 Å². The van der Waals surface area contributed by atoms with Gasteiger partial charge in [-0.2, -0.15) is 5.10 Å². The fourth-order valence-electron chi connectivity index (χ4n) is 2.98. The van der Waals surface area contributed by atoms with Gasteiger partial charge in [0.1, 0.15) is 5.15 Å². The summed E-state index contributed by atoms with van der Waals surface area (Å²) >= 11 is 6.34. The number of aromatic nitrogens is 3. The van der Waals surface area contributed by atoms with Crippen molar-refractivity contribution >= 4 is 11.6 Å². The van der Waals surface area contributed by atoms with Crippen LogP contribution in [0.1, 0.15) is 35.8 Å². The first-order chi connectivity index (χ1) is 9.66. The smallest absolute Gasteiger partial charge is 0.131 e. The highest BCUT2D eigenvalue weighted by Gasteiger charge is 2.28. The topological polar surface area (TPSA) is 34.0 Å². The molecule has 20 heavy (non-hydrogen) atoms. The lowest BCUT2D eigenvalue weighted by atomic mass is 10.1. The fraction of sp³-hybridized carbons (Fsp3) is 0.467. The molecule has 3 rings (SSSR count). The van der Waals surface area contributed by atoms with Crippen LogP contribution < -0.4 is 0 Å². The van der Waals surface area contributed by atoms with E-state index < -0.39 is 0 Å². The molecule has 2 aromatic rings. The molecule has 0 aliphatic carbocycles. The molecule has 0 bridgehead atoms. The number of hydrogen-bond donors (Lipinski definition) is 0.